The molecule has 14 heteroatoms. The second-order valence-corrected chi connectivity index (χ2v) is 12.1. The second kappa shape index (κ2) is 21.0. The Morgan fingerprint density at radius 2 is 1.83 bits per heavy atom. The van der Waals surface area contributed by atoms with E-state index in [-0.39, 0.29) is 37.8 Å². The zero-order chi connectivity index (χ0) is 35.6. The molecule has 3 unspecified atom stereocenters. The number of alkyl halides is 1. The monoisotopic (exact) mass is 666 g/mol. The van der Waals surface area contributed by atoms with Crippen molar-refractivity contribution in [3.05, 3.63) is 29.8 Å². The number of carbonyl (C=O) groups excluding carboxylic acids is 5. The molecule has 0 radical (unpaired) electrons. The molecule has 2 fully saturated rings. The average molecular weight is 667 g/mol. The summed E-state index contributed by atoms with van der Waals surface area (Å²) in [5, 5.41) is 4.95. The summed E-state index contributed by atoms with van der Waals surface area (Å²) in [6, 6.07) is 5.52. The molecule has 266 valence electrons. The van der Waals surface area contributed by atoms with E-state index in [0.29, 0.717) is 25.7 Å². The number of primary amides is 1. The van der Waals surface area contributed by atoms with E-state index in [1.54, 1.807) is 7.11 Å². The molecule has 13 nitrogen and oxygen atoms in total. The largest absolute Gasteiger partial charge is 0.493 e. The number of benzene rings is 1. The third kappa shape index (κ3) is 14.2. The van der Waals surface area contributed by atoms with Crippen LogP contribution in [0.15, 0.2) is 24.3 Å². The smallest absolute Gasteiger partial charge is 0.317 e. The molecule has 3 heterocycles. The Bertz CT molecular complexity index is 1120. The molecule has 6 amide bonds. The first-order chi connectivity index (χ1) is 22.3. The first-order valence-electron chi connectivity index (χ1n) is 16.2. The van der Waals surface area contributed by atoms with Crippen LogP contribution in [0.1, 0.15) is 65.9 Å². The van der Waals surface area contributed by atoms with Crippen LogP contribution in [-0.4, -0.2) is 122 Å². The van der Waals surface area contributed by atoms with Gasteiger partial charge in [-0.25, -0.2) is 9.18 Å². The number of hydrogen-bond donors (Lipinski definition) is 3. The van der Waals surface area contributed by atoms with Gasteiger partial charge in [0.1, 0.15) is 24.5 Å². The predicted octanol–water partition coefficient (Wildman–Crippen LogP) is 2.26. The van der Waals surface area contributed by atoms with E-state index >= 15 is 0 Å². The molecule has 1 aromatic carbocycles. The molecule has 2 saturated heterocycles. The van der Waals surface area contributed by atoms with Crippen molar-refractivity contribution in [3.8, 4) is 5.75 Å². The molecule has 1 aromatic rings. The second-order valence-electron chi connectivity index (χ2n) is 12.1. The van der Waals surface area contributed by atoms with Crippen molar-refractivity contribution < 1.29 is 37.8 Å². The standard InChI is InChI=1S/C17H27FN6O5.C9H10O.C5H12O.C2H6/c1-22(10-25)9-14(26)21-12-8-23(17(29)20-6-5-18)7-4-11-2-3-13(15(19)27)24(11)16(12)28;1-2-6-9-8(4-1)5-3-7-10-9;1-5(2,3)6-4;1-2/h10-13H,2-9H2,1H3,(H2,19,27)(H,20,29)(H,21,26);1-2,4,6H,3,5,7H2;1-4H3;1-2H3. The summed E-state index contributed by atoms with van der Waals surface area (Å²) in [4.78, 5) is 64.1. The van der Waals surface area contributed by atoms with Crippen molar-refractivity contribution in [2.45, 2.75) is 90.4 Å². The number of likely N-dealkylation sites (N-methyl/N-ethyl adjacent to an activating group) is 1. The van der Waals surface area contributed by atoms with Crippen LogP contribution in [-0.2, 0) is 30.3 Å². The van der Waals surface area contributed by atoms with Crippen LogP contribution in [0.3, 0.4) is 0 Å². The van der Waals surface area contributed by atoms with Gasteiger partial charge < -0.3 is 40.5 Å². The lowest BCUT2D eigenvalue weighted by Gasteiger charge is -2.38. The van der Waals surface area contributed by atoms with E-state index in [1.807, 2.05) is 46.8 Å². The number of ether oxygens (including phenoxy) is 2. The van der Waals surface area contributed by atoms with Gasteiger partial charge in [0.05, 0.1) is 25.3 Å². The minimum Gasteiger partial charge on any atom is -0.493 e. The zero-order valence-corrected chi connectivity index (χ0v) is 29.1. The molecule has 3 atom stereocenters. The maximum Gasteiger partial charge on any atom is 0.317 e. The fourth-order valence-electron chi connectivity index (χ4n) is 5.01. The van der Waals surface area contributed by atoms with Crippen LogP contribution in [0.4, 0.5) is 9.18 Å². The van der Waals surface area contributed by atoms with Crippen LogP contribution < -0.4 is 21.1 Å². The maximum absolute atomic E-state index is 13.2. The Morgan fingerprint density at radius 3 is 2.40 bits per heavy atom. The summed E-state index contributed by atoms with van der Waals surface area (Å²) >= 11 is 0. The van der Waals surface area contributed by atoms with Crippen LogP contribution >= 0.6 is 0 Å². The summed E-state index contributed by atoms with van der Waals surface area (Å²) in [5.74, 6) is -0.645. The van der Waals surface area contributed by atoms with Crippen LogP contribution in [0.5, 0.6) is 5.75 Å². The number of para-hydroxylation sites is 1. The number of fused-ring (bicyclic) bond motifs is 2. The first-order valence-corrected chi connectivity index (χ1v) is 16.2. The van der Waals surface area contributed by atoms with E-state index < -0.39 is 42.5 Å². The lowest BCUT2D eigenvalue weighted by atomic mass is 10.1. The summed E-state index contributed by atoms with van der Waals surface area (Å²) in [7, 11) is 3.11. The number of amides is 6. The summed E-state index contributed by atoms with van der Waals surface area (Å²) in [6.45, 7) is 9.89. The summed E-state index contributed by atoms with van der Waals surface area (Å²) in [6.07, 6.45) is 4.21. The Labute approximate surface area is 278 Å². The fourth-order valence-corrected chi connectivity index (χ4v) is 5.01. The molecule has 0 saturated carbocycles. The highest BCUT2D eigenvalue weighted by Gasteiger charge is 2.44. The van der Waals surface area contributed by atoms with E-state index in [9.17, 15) is 28.4 Å². The first kappa shape index (κ1) is 41.1. The third-order valence-electron chi connectivity index (χ3n) is 7.52. The van der Waals surface area contributed by atoms with Crippen molar-refractivity contribution in [3.63, 3.8) is 0 Å². The molecule has 0 aliphatic carbocycles. The van der Waals surface area contributed by atoms with Gasteiger partial charge in [-0.2, -0.15) is 0 Å². The van der Waals surface area contributed by atoms with Gasteiger partial charge in [-0.3, -0.25) is 19.2 Å². The van der Waals surface area contributed by atoms with Crippen molar-refractivity contribution in [2.24, 2.45) is 5.73 Å². The number of nitrogens with one attached hydrogen (secondary N) is 2. The molecule has 0 spiro atoms. The average Bonchev–Trinajstić information content (AvgIpc) is 3.49. The number of carbonyl (C=O) groups is 5. The number of rotatable bonds is 7. The molecular formula is C33H55FN6O7. The highest BCUT2D eigenvalue weighted by atomic mass is 19.1. The zero-order valence-electron chi connectivity index (χ0n) is 29.1. The van der Waals surface area contributed by atoms with Gasteiger partial charge >= 0.3 is 6.03 Å². The quantitative estimate of drug-likeness (QED) is 0.376. The minimum atomic E-state index is -1.12. The Hall–Kier alpha value is -3.94. The van der Waals surface area contributed by atoms with E-state index in [0.717, 1.165) is 23.7 Å². The molecule has 3 aliphatic rings. The molecule has 3 aliphatic heterocycles. The SMILES string of the molecule is CC.CN(C=O)CC(=O)NC1CN(C(=O)NCCF)CCC2CCC(C(N)=O)N2C1=O.COC(C)(C)C.c1ccc2c(c1)CCCO2. The van der Waals surface area contributed by atoms with Gasteiger partial charge in [-0.05, 0) is 64.5 Å². The van der Waals surface area contributed by atoms with Crippen LogP contribution in [0.2, 0.25) is 0 Å². The number of urea groups is 1. The Morgan fingerprint density at radius 1 is 1.17 bits per heavy atom. The molecule has 47 heavy (non-hydrogen) atoms. The van der Waals surface area contributed by atoms with Crippen LogP contribution in [0, 0.1) is 0 Å². The number of nitrogens with two attached hydrogens (primary N) is 1. The molecule has 0 bridgehead atoms. The van der Waals surface area contributed by atoms with E-state index in [1.165, 1.54) is 28.8 Å². The Balaban J connectivity index is 0.000000495. The van der Waals surface area contributed by atoms with Gasteiger partial charge in [-0.1, -0.05) is 32.0 Å². The number of methoxy groups -OCH3 is 1. The molecular weight excluding hydrogens is 611 g/mol. The van der Waals surface area contributed by atoms with Gasteiger partial charge in [0.15, 0.2) is 0 Å². The third-order valence-corrected chi connectivity index (χ3v) is 7.52. The topological polar surface area (TPSA) is 164 Å². The molecule has 0 aromatic heterocycles. The van der Waals surface area contributed by atoms with Gasteiger partial charge in [0.2, 0.25) is 24.1 Å². The normalized spacial score (nSPS) is 19.9. The molecule has 4 rings (SSSR count). The van der Waals surface area contributed by atoms with Crippen molar-refractivity contribution in [2.75, 3.05) is 53.6 Å². The minimum absolute atomic E-state index is 0.0417. The van der Waals surface area contributed by atoms with Gasteiger partial charge in [0.25, 0.3) is 0 Å². The lowest BCUT2D eigenvalue weighted by molar-refractivity contribution is -0.144. The summed E-state index contributed by atoms with van der Waals surface area (Å²) in [5.41, 5.74) is 6.84. The number of hydrogen-bond acceptors (Lipinski definition) is 7. The number of halogens is 1. The lowest BCUT2D eigenvalue weighted by Crippen LogP contribution is -2.62. The summed E-state index contributed by atoms with van der Waals surface area (Å²) < 4.78 is 22.8. The number of aryl methyl sites for hydroxylation is 1. The number of nitrogens with zero attached hydrogens (tertiary/aromatic N) is 3. The Kier molecular flexibility index (Phi) is 18.4. The maximum atomic E-state index is 13.2. The van der Waals surface area contributed by atoms with E-state index in [4.69, 9.17) is 15.2 Å². The molecule has 4 N–H and O–H groups in total. The highest BCUT2D eigenvalue weighted by molar-refractivity contribution is 5.93. The highest BCUT2D eigenvalue weighted by Crippen LogP contribution is 2.29. The van der Waals surface area contributed by atoms with E-state index in [2.05, 4.69) is 22.8 Å². The van der Waals surface area contributed by atoms with Crippen molar-refractivity contribution in [1.29, 1.82) is 0 Å². The van der Waals surface area contributed by atoms with Gasteiger partial charge in [0, 0.05) is 33.3 Å². The van der Waals surface area contributed by atoms with Crippen LogP contribution in [0.25, 0.3) is 0 Å². The fraction of sp³-hybridized carbons (Fsp3) is 0.667. The van der Waals surface area contributed by atoms with Crippen molar-refractivity contribution >= 4 is 30.2 Å². The predicted molar refractivity (Wildman–Crippen MR) is 177 cm³/mol. The van der Waals surface area contributed by atoms with Gasteiger partial charge in [-0.15, -0.1) is 0 Å². The van der Waals surface area contributed by atoms with Crippen molar-refractivity contribution in [1.82, 2.24) is 25.3 Å².